The van der Waals surface area contributed by atoms with E-state index >= 15 is 0 Å². The number of anilines is 1. The van der Waals surface area contributed by atoms with E-state index in [-0.39, 0.29) is 22.2 Å². The summed E-state index contributed by atoms with van der Waals surface area (Å²) in [7, 11) is -4.10. The number of hydrogen-bond donors (Lipinski definition) is 2. The fourth-order valence-electron chi connectivity index (χ4n) is 3.72. The van der Waals surface area contributed by atoms with E-state index in [0.29, 0.717) is 18.2 Å². The van der Waals surface area contributed by atoms with Gasteiger partial charge in [-0.2, -0.15) is 4.98 Å². The van der Waals surface area contributed by atoms with Crippen molar-refractivity contribution in [1.29, 1.82) is 0 Å². The lowest BCUT2D eigenvalue weighted by atomic mass is 10.2. The molecule has 0 aliphatic carbocycles. The Morgan fingerprint density at radius 2 is 1.95 bits per heavy atom. The number of benzene rings is 1. The van der Waals surface area contributed by atoms with Crippen molar-refractivity contribution in [3.63, 3.8) is 0 Å². The molecular weight excluding hydrogens is 529 g/mol. The first kappa shape index (κ1) is 29.2. The summed E-state index contributed by atoms with van der Waals surface area (Å²) >= 11 is 3.13. The van der Waals surface area contributed by atoms with E-state index in [2.05, 4.69) is 35.8 Å². The number of nitrogens with one attached hydrogen (secondary N) is 2. The largest absolute Gasteiger partial charge is 0.354 e. The van der Waals surface area contributed by atoms with Gasteiger partial charge in [0.1, 0.15) is 5.69 Å². The maximum absolute atomic E-state index is 13.3. The Morgan fingerprint density at radius 1 is 1.19 bits per heavy atom. The zero-order chi connectivity index (χ0) is 27.2. The molecule has 0 fully saturated rings. The number of carbonyl (C=O) groups is 1. The van der Waals surface area contributed by atoms with E-state index in [0.717, 1.165) is 52.6 Å². The van der Waals surface area contributed by atoms with Gasteiger partial charge in [-0.15, -0.1) is 23.1 Å². The van der Waals surface area contributed by atoms with Gasteiger partial charge in [0.15, 0.2) is 5.82 Å². The molecule has 0 saturated carbocycles. The number of amides is 1. The predicted molar refractivity (Wildman–Crippen MR) is 152 cm³/mol. The number of aryl methyl sites for hydroxylation is 1. The van der Waals surface area contributed by atoms with Gasteiger partial charge >= 0.3 is 5.69 Å². The molecular formula is C26H36N4O4S3. The van der Waals surface area contributed by atoms with Crippen LogP contribution in [0.15, 0.2) is 38.2 Å². The fourth-order valence-corrected chi connectivity index (χ4v) is 7.54. The Bertz CT molecular complexity index is 1360. The minimum atomic E-state index is -4.10. The number of unbranched alkanes of at least 4 members (excludes halogenated alkanes) is 3. The highest BCUT2D eigenvalue weighted by molar-refractivity contribution is 8.01. The van der Waals surface area contributed by atoms with Gasteiger partial charge < -0.3 is 5.32 Å². The molecule has 37 heavy (non-hydrogen) atoms. The van der Waals surface area contributed by atoms with Crippen LogP contribution in [0.4, 0.5) is 5.82 Å². The predicted octanol–water partition coefficient (Wildman–Crippen LogP) is 5.60. The molecule has 1 aromatic carbocycles. The van der Waals surface area contributed by atoms with Crippen LogP contribution in [0, 0.1) is 19.8 Å². The SMILES string of the molecule is CCCCCCNC(=O)c1cccc(S(=O)(=O)Nc2nc(=O)n3c(C)c(C)sc(SCCC(C)C)c2-3)c1. The Labute approximate surface area is 227 Å². The minimum absolute atomic E-state index is 0.00201. The van der Waals surface area contributed by atoms with Crippen molar-refractivity contribution in [3.8, 4) is 5.69 Å². The number of thioether (sulfide) groups is 1. The van der Waals surface area contributed by atoms with Crippen LogP contribution in [-0.2, 0) is 10.0 Å². The van der Waals surface area contributed by atoms with Crippen molar-refractivity contribution >= 4 is 44.8 Å². The number of rotatable bonds is 13. The third-order valence-electron chi connectivity index (χ3n) is 6.01. The number of nitrogens with zero attached hydrogens (tertiary/aromatic N) is 2. The average molecular weight is 565 g/mol. The monoisotopic (exact) mass is 564 g/mol. The number of fused-ring (bicyclic) bond motifs is 1. The lowest BCUT2D eigenvalue weighted by Crippen LogP contribution is -2.25. The summed E-state index contributed by atoms with van der Waals surface area (Å²) in [6, 6.07) is 5.89. The maximum atomic E-state index is 13.3. The topological polar surface area (TPSA) is 110 Å². The van der Waals surface area contributed by atoms with Gasteiger partial charge in [-0.3, -0.25) is 14.1 Å². The molecule has 2 heterocycles. The van der Waals surface area contributed by atoms with Crippen molar-refractivity contribution < 1.29 is 13.2 Å². The Hall–Kier alpha value is -2.37. The highest BCUT2D eigenvalue weighted by Crippen LogP contribution is 2.39. The molecule has 11 heteroatoms. The first-order valence-electron chi connectivity index (χ1n) is 12.6. The second-order valence-electron chi connectivity index (χ2n) is 9.44. The Kier molecular flexibility index (Phi) is 10.2. The molecule has 3 rings (SSSR count). The first-order valence-corrected chi connectivity index (χ1v) is 15.9. The Balaban J connectivity index is 1.88. The molecule has 0 atom stereocenters. The van der Waals surface area contributed by atoms with E-state index in [1.54, 1.807) is 17.8 Å². The summed E-state index contributed by atoms with van der Waals surface area (Å²) in [6.07, 6.45) is 5.12. The second-order valence-corrected chi connectivity index (χ2v) is 13.7. The van der Waals surface area contributed by atoms with Gasteiger partial charge in [0.05, 0.1) is 9.10 Å². The van der Waals surface area contributed by atoms with Gasteiger partial charge in [0, 0.05) is 22.7 Å². The number of sulfonamides is 1. The normalized spacial score (nSPS) is 11.8. The molecule has 1 aromatic rings. The van der Waals surface area contributed by atoms with E-state index in [9.17, 15) is 18.0 Å². The maximum Gasteiger partial charge on any atom is 0.354 e. The van der Waals surface area contributed by atoms with E-state index in [1.165, 1.54) is 34.1 Å². The number of imidazole rings is 1. The lowest BCUT2D eigenvalue weighted by Gasteiger charge is -2.16. The zero-order valence-electron chi connectivity index (χ0n) is 22.1. The van der Waals surface area contributed by atoms with Crippen LogP contribution in [0.2, 0.25) is 0 Å². The molecule has 0 unspecified atom stereocenters. The number of aromatic nitrogens is 2. The van der Waals surface area contributed by atoms with Gasteiger partial charge in [0.25, 0.3) is 15.9 Å². The smallest absolute Gasteiger partial charge is 0.352 e. The standard InChI is InChI=1S/C26H36N4O4S3/c1-6-7-8-9-14-27-24(31)20-11-10-12-21(16-20)37(33,34)29-23-22-25(35-15-13-17(2)3)36-19(5)18(4)30(22)26(32)28-23/h10-12,16-17H,6-9,13-15H2,1-5H3,(H,27,31)(H,28,29,32). The molecule has 0 saturated heterocycles. The summed E-state index contributed by atoms with van der Waals surface area (Å²) in [5.41, 5.74) is 0.935. The molecule has 8 nitrogen and oxygen atoms in total. The van der Waals surface area contributed by atoms with Crippen molar-refractivity contribution in [1.82, 2.24) is 14.9 Å². The van der Waals surface area contributed by atoms with Crippen molar-refractivity contribution in [3.05, 3.63) is 50.9 Å². The third-order valence-corrected chi connectivity index (χ3v) is 9.83. The van der Waals surface area contributed by atoms with E-state index in [4.69, 9.17) is 0 Å². The van der Waals surface area contributed by atoms with Gasteiger partial charge in [0.2, 0.25) is 0 Å². The van der Waals surface area contributed by atoms with Gasteiger partial charge in [-0.1, -0.05) is 46.1 Å². The molecule has 2 aliphatic heterocycles. The van der Waals surface area contributed by atoms with Crippen LogP contribution in [0.1, 0.15) is 73.8 Å². The van der Waals surface area contributed by atoms with Crippen molar-refractivity contribution in [2.24, 2.45) is 5.92 Å². The summed E-state index contributed by atoms with van der Waals surface area (Å²) in [6.45, 7) is 10.7. The fraction of sp³-hybridized carbons (Fsp3) is 0.500. The van der Waals surface area contributed by atoms with Crippen LogP contribution in [-0.4, -0.2) is 36.2 Å². The van der Waals surface area contributed by atoms with Crippen LogP contribution in [0.3, 0.4) is 0 Å². The average Bonchev–Trinajstić information content (AvgIpc) is 3.17. The van der Waals surface area contributed by atoms with Crippen LogP contribution < -0.4 is 15.7 Å². The van der Waals surface area contributed by atoms with Crippen molar-refractivity contribution in [2.75, 3.05) is 17.0 Å². The minimum Gasteiger partial charge on any atom is -0.352 e. The van der Waals surface area contributed by atoms with E-state index < -0.39 is 15.7 Å². The summed E-state index contributed by atoms with van der Waals surface area (Å²) < 4.78 is 31.5. The summed E-state index contributed by atoms with van der Waals surface area (Å²) in [4.78, 5) is 30.3. The molecule has 2 aliphatic rings. The highest BCUT2D eigenvalue weighted by atomic mass is 32.2. The molecule has 0 aromatic heterocycles. The number of hydrogen-bond acceptors (Lipinski definition) is 7. The van der Waals surface area contributed by atoms with Crippen LogP contribution in [0.25, 0.3) is 5.69 Å². The first-order chi connectivity index (χ1) is 17.5. The molecule has 0 radical (unpaired) electrons. The van der Waals surface area contributed by atoms with Crippen LogP contribution >= 0.6 is 23.1 Å². The molecule has 202 valence electrons. The van der Waals surface area contributed by atoms with Crippen LogP contribution in [0.5, 0.6) is 0 Å². The third kappa shape index (κ3) is 7.36. The summed E-state index contributed by atoms with van der Waals surface area (Å²) in [5, 5.41) is 2.85. The zero-order valence-corrected chi connectivity index (χ0v) is 24.5. The van der Waals surface area contributed by atoms with Gasteiger partial charge in [-0.25, -0.2) is 13.2 Å². The molecule has 2 N–H and O–H groups in total. The summed E-state index contributed by atoms with van der Waals surface area (Å²) in [5.74, 6) is 1.05. The molecule has 0 bridgehead atoms. The van der Waals surface area contributed by atoms with Gasteiger partial charge in [-0.05, 0) is 56.6 Å². The number of carbonyl (C=O) groups excluding carboxylic acids is 1. The molecule has 1 amide bonds. The molecule has 0 spiro atoms. The Morgan fingerprint density at radius 3 is 2.65 bits per heavy atom. The quantitative estimate of drug-likeness (QED) is 0.207. The van der Waals surface area contributed by atoms with E-state index in [1.807, 2.05) is 13.8 Å². The van der Waals surface area contributed by atoms with Crippen molar-refractivity contribution in [2.45, 2.75) is 75.8 Å². The lowest BCUT2D eigenvalue weighted by molar-refractivity contribution is 0.0952. The highest BCUT2D eigenvalue weighted by Gasteiger charge is 2.27. The second kappa shape index (κ2) is 12.9.